The van der Waals surface area contributed by atoms with Crippen molar-refractivity contribution < 1.29 is 18.8 Å². The topological polar surface area (TPSA) is 105 Å². The average Bonchev–Trinajstić information content (AvgIpc) is 3.12. The number of halogens is 1. The van der Waals surface area contributed by atoms with E-state index in [-0.39, 0.29) is 22.2 Å². The Morgan fingerprint density at radius 1 is 1.20 bits per heavy atom. The molecule has 150 valence electrons. The van der Waals surface area contributed by atoms with Gasteiger partial charge in [0.1, 0.15) is 23.2 Å². The van der Waals surface area contributed by atoms with Crippen LogP contribution >= 0.6 is 11.6 Å². The van der Waals surface area contributed by atoms with Gasteiger partial charge in [-0.05, 0) is 49.8 Å². The molecule has 0 bridgehead atoms. The number of aromatic nitrogens is 1. The number of nitrogens with zero attached hydrogens (tertiary/aromatic N) is 2. The standard InChI is InChI=1S/C22H16ClN3O4/c1-13-4-3-5-16(8-13)22(28)29-19-7-6-15(11-18(19)23)10-17(12-24)21(27)25-20-9-14(2)30-26-20/h3-11H,1-2H3,(H,25,26,27)/b17-10-. The van der Waals surface area contributed by atoms with Crippen molar-refractivity contribution in [2.24, 2.45) is 0 Å². The lowest BCUT2D eigenvalue weighted by molar-refractivity contribution is -0.112. The first-order chi connectivity index (χ1) is 14.4. The van der Waals surface area contributed by atoms with Gasteiger partial charge in [0.05, 0.1) is 10.6 Å². The van der Waals surface area contributed by atoms with Crippen molar-refractivity contribution in [1.29, 1.82) is 5.26 Å². The zero-order valence-electron chi connectivity index (χ0n) is 16.1. The summed E-state index contributed by atoms with van der Waals surface area (Å²) in [6, 6.07) is 14.9. The molecule has 0 radical (unpaired) electrons. The SMILES string of the molecule is Cc1cccc(C(=O)Oc2ccc(/C=C(/C#N)C(=O)Nc3cc(C)on3)cc2Cl)c1. The fourth-order valence-electron chi connectivity index (χ4n) is 2.54. The molecule has 0 unspecified atom stereocenters. The minimum Gasteiger partial charge on any atom is -0.421 e. The maximum absolute atomic E-state index is 12.3. The molecule has 0 atom stereocenters. The highest BCUT2D eigenvalue weighted by Gasteiger charge is 2.14. The Hall–Kier alpha value is -3.89. The Bertz CT molecular complexity index is 1190. The van der Waals surface area contributed by atoms with Crippen LogP contribution in [0, 0.1) is 25.2 Å². The number of ether oxygens (including phenoxy) is 1. The van der Waals surface area contributed by atoms with Crippen LogP contribution in [0.2, 0.25) is 5.02 Å². The highest BCUT2D eigenvalue weighted by atomic mass is 35.5. The summed E-state index contributed by atoms with van der Waals surface area (Å²) in [4.78, 5) is 24.5. The number of carbonyl (C=O) groups excluding carboxylic acids is 2. The number of benzene rings is 2. The van der Waals surface area contributed by atoms with E-state index in [4.69, 9.17) is 20.9 Å². The molecular weight excluding hydrogens is 406 g/mol. The average molecular weight is 422 g/mol. The van der Waals surface area contributed by atoms with Gasteiger partial charge in [-0.15, -0.1) is 0 Å². The molecule has 1 heterocycles. The summed E-state index contributed by atoms with van der Waals surface area (Å²) in [5.74, 6) is -0.285. The Morgan fingerprint density at radius 3 is 2.63 bits per heavy atom. The summed E-state index contributed by atoms with van der Waals surface area (Å²) in [5.41, 5.74) is 1.66. The van der Waals surface area contributed by atoms with Crippen molar-refractivity contribution in [3.63, 3.8) is 0 Å². The molecule has 0 spiro atoms. The molecule has 3 aromatic rings. The van der Waals surface area contributed by atoms with Gasteiger partial charge in [0.25, 0.3) is 5.91 Å². The summed E-state index contributed by atoms with van der Waals surface area (Å²) in [5, 5.41) is 15.6. The van der Waals surface area contributed by atoms with Gasteiger partial charge in [-0.2, -0.15) is 5.26 Å². The quantitative estimate of drug-likeness (QED) is 0.277. The minimum absolute atomic E-state index is 0.156. The fraction of sp³-hybridized carbons (Fsp3) is 0.0909. The zero-order chi connectivity index (χ0) is 21.7. The highest BCUT2D eigenvalue weighted by molar-refractivity contribution is 6.32. The van der Waals surface area contributed by atoms with Crippen LogP contribution in [0.15, 0.2) is 58.6 Å². The summed E-state index contributed by atoms with van der Waals surface area (Å²) in [6.07, 6.45) is 1.36. The Kier molecular flexibility index (Phi) is 6.30. The lowest BCUT2D eigenvalue weighted by Gasteiger charge is -2.08. The third kappa shape index (κ3) is 5.13. The molecule has 0 aliphatic heterocycles. The summed E-state index contributed by atoms with van der Waals surface area (Å²) < 4.78 is 10.2. The Labute approximate surface area is 177 Å². The van der Waals surface area contributed by atoms with Gasteiger partial charge in [-0.3, -0.25) is 4.79 Å². The molecular formula is C22H16ClN3O4. The Morgan fingerprint density at radius 2 is 2.00 bits per heavy atom. The summed E-state index contributed by atoms with van der Waals surface area (Å²) >= 11 is 6.22. The summed E-state index contributed by atoms with van der Waals surface area (Å²) in [6.45, 7) is 3.55. The first-order valence-electron chi connectivity index (χ1n) is 8.80. The zero-order valence-corrected chi connectivity index (χ0v) is 16.9. The first kappa shape index (κ1) is 20.8. The number of esters is 1. The van der Waals surface area contributed by atoms with Gasteiger partial charge in [0.2, 0.25) is 0 Å². The van der Waals surface area contributed by atoms with Gasteiger partial charge in [0.15, 0.2) is 5.82 Å². The molecule has 0 aliphatic rings. The van der Waals surface area contributed by atoms with E-state index in [1.54, 1.807) is 31.2 Å². The van der Waals surface area contributed by atoms with Crippen LogP contribution in [0.1, 0.15) is 27.2 Å². The second-order valence-corrected chi connectivity index (χ2v) is 6.80. The number of nitriles is 1. The predicted octanol–water partition coefficient (Wildman–Crippen LogP) is 4.71. The van der Waals surface area contributed by atoms with Crippen LogP contribution in [0.5, 0.6) is 5.75 Å². The van der Waals surface area contributed by atoms with Crippen LogP contribution in [-0.2, 0) is 4.79 Å². The highest BCUT2D eigenvalue weighted by Crippen LogP contribution is 2.27. The van der Waals surface area contributed by atoms with Gasteiger partial charge in [-0.1, -0.05) is 40.5 Å². The van der Waals surface area contributed by atoms with Crippen LogP contribution in [-0.4, -0.2) is 17.0 Å². The Balaban J connectivity index is 1.75. The van der Waals surface area contributed by atoms with Gasteiger partial charge in [-0.25, -0.2) is 4.79 Å². The molecule has 3 rings (SSSR count). The van der Waals surface area contributed by atoms with Crippen LogP contribution in [0.4, 0.5) is 5.82 Å². The molecule has 0 fully saturated rings. The number of aryl methyl sites for hydroxylation is 2. The second-order valence-electron chi connectivity index (χ2n) is 6.40. The van der Waals surface area contributed by atoms with Gasteiger partial charge in [0, 0.05) is 6.07 Å². The van der Waals surface area contributed by atoms with Gasteiger partial charge >= 0.3 is 5.97 Å². The predicted molar refractivity (Wildman–Crippen MR) is 111 cm³/mol. The molecule has 30 heavy (non-hydrogen) atoms. The molecule has 1 aromatic heterocycles. The van der Waals surface area contributed by atoms with E-state index in [2.05, 4.69) is 10.5 Å². The number of hydrogen-bond donors (Lipinski definition) is 1. The smallest absolute Gasteiger partial charge is 0.343 e. The van der Waals surface area contributed by atoms with Crippen molar-refractivity contribution in [3.8, 4) is 11.8 Å². The van der Waals surface area contributed by atoms with E-state index in [9.17, 15) is 14.9 Å². The van der Waals surface area contributed by atoms with Crippen LogP contribution in [0.25, 0.3) is 6.08 Å². The molecule has 8 heteroatoms. The van der Waals surface area contributed by atoms with E-state index >= 15 is 0 Å². The third-order valence-corrected chi connectivity index (χ3v) is 4.25. The van der Waals surface area contributed by atoms with Crippen molar-refractivity contribution in [2.75, 3.05) is 5.32 Å². The van der Waals surface area contributed by atoms with Crippen molar-refractivity contribution in [1.82, 2.24) is 5.16 Å². The van der Waals surface area contributed by atoms with Crippen molar-refractivity contribution in [2.45, 2.75) is 13.8 Å². The van der Waals surface area contributed by atoms with Crippen molar-refractivity contribution in [3.05, 3.63) is 81.6 Å². The number of amides is 1. The number of carbonyl (C=O) groups is 2. The molecule has 0 saturated carbocycles. The van der Waals surface area contributed by atoms with E-state index in [1.807, 2.05) is 19.1 Å². The van der Waals surface area contributed by atoms with E-state index in [0.717, 1.165) is 5.56 Å². The molecule has 0 aliphatic carbocycles. The fourth-order valence-corrected chi connectivity index (χ4v) is 2.77. The summed E-state index contributed by atoms with van der Waals surface area (Å²) in [7, 11) is 0. The molecule has 0 saturated heterocycles. The monoisotopic (exact) mass is 421 g/mol. The van der Waals surface area contributed by atoms with E-state index < -0.39 is 11.9 Å². The third-order valence-electron chi connectivity index (χ3n) is 3.96. The maximum Gasteiger partial charge on any atom is 0.343 e. The normalized spacial score (nSPS) is 10.9. The van der Waals surface area contributed by atoms with E-state index in [1.165, 1.54) is 24.3 Å². The van der Waals surface area contributed by atoms with Gasteiger partial charge < -0.3 is 14.6 Å². The van der Waals surface area contributed by atoms with Crippen LogP contribution in [0.3, 0.4) is 0 Å². The number of anilines is 1. The van der Waals surface area contributed by atoms with Crippen LogP contribution < -0.4 is 10.1 Å². The molecule has 1 N–H and O–H groups in total. The minimum atomic E-state index is -0.642. The number of hydrogen-bond acceptors (Lipinski definition) is 6. The van der Waals surface area contributed by atoms with E-state index in [0.29, 0.717) is 16.9 Å². The second kappa shape index (κ2) is 9.07. The molecule has 2 aromatic carbocycles. The maximum atomic E-state index is 12.3. The molecule has 1 amide bonds. The lowest BCUT2D eigenvalue weighted by Crippen LogP contribution is -2.13. The largest absolute Gasteiger partial charge is 0.421 e. The number of nitrogens with one attached hydrogen (secondary N) is 1. The first-order valence-corrected chi connectivity index (χ1v) is 9.18. The van der Waals surface area contributed by atoms with Crippen molar-refractivity contribution >= 4 is 35.4 Å². The molecule has 7 nitrogen and oxygen atoms in total. The lowest BCUT2D eigenvalue weighted by atomic mass is 10.1. The number of rotatable bonds is 5.